The molecule has 0 aliphatic rings. The van der Waals surface area contributed by atoms with E-state index in [1.165, 1.54) is 4.31 Å². The fraction of sp³-hybridized carbons (Fsp3) is 0.625. The average molecular weight is 416 g/mol. The molecular formula is C16H27BrNNaO3S. The summed E-state index contributed by atoms with van der Waals surface area (Å²) in [6.07, 6.45) is 0.773. The summed E-state index contributed by atoms with van der Waals surface area (Å²) in [5.41, 5.74) is 1.05. The van der Waals surface area contributed by atoms with Crippen LogP contribution in [0.5, 0.6) is 0 Å². The number of nitrogens with zero attached hydrogens (tertiary/aromatic N) is 1. The first-order chi connectivity index (χ1) is 10.3. The predicted octanol–water partition coefficient (Wildman–Crippen LogP) is 0.770. The molecule has 0 fully saturated rings. The third-order valence-electron chi connectivity index (χ3n) is 3.53. The van der Waals surface area contributed by atoms with Crippen LogP contribution in [0.25, 0.3) is 0 Å². The van der Waals surface area contributed by atoms with Crippen LogP contribution in [0.3, 0.4) is 0 Å². The van der Waals surface area contributed by atoms with Crippen LogP contribution in [0.15, 0.2) is 29.2 Å². The molecule has 128 valence electrons. The van der Waals surface area contributed by atoms with Crippen molar-refractivity contribution in [3.05, 3.63) is 29.8 Å². The number of rotatable bonds is 9. The topological polar surface area (TPSA) is 46.6 Å². The first-order valence-corrected chi connectivity index (χ1v) is 10.1. The summed E-state index contributed by atoms with van der Waals surface area (Å²) in [6, 6.07) is 6.83. The Kier molecular flexibility index (Phi) is 11.5. The van der Waals surface area contributed by atoms with Gasteiger partial charge in [-0.25, -0.2) is 8.42 Å². The van der Waals surface area contributed by atoms with Gasteiger partial charge in [0.15, 0.2) is 0 Å². The molecule has 0 amide bonds. The molecule has 23 heavy (non-hydrogen) atoms. The van der Waals surface area contributed by atoms with Crippen molar-refractivity contribution in [2.24, 2.45) is 5.92 Å². The fourth-order valence-electron chi connectivity index (χ4n) is 2.23. The molecule has 0 saturated carbocycles. The van der Waals surface area contributed by atoms with Crippen molar-refractivity contribution < 1.29 is 44.1 Å². The molecule has 0 aliphatic carbocycles. The van der Waals surface area contributed by atoms with E-state index in [9.17, 15) is 8.42 Å². The van der Waals surface area contributed by atoms with Crippen molar-refractivity contribution in [3.8, 4) is 0 Å². The van der Waals surface area contributed by atoms with Gasteiger partial charge in [0.2, 0.25) is 10.0 Å². The van der Waals surface area contributed by atoms with E-state index in [4.69, 9.17) is 4.74 Å². The Bertz CT molecular complexity index is 555. The van der Waals surface area contributed by atoms with E-state index in [0.29, 0.717) is 29.4 Å². The average Bonchev–Trinajstić information content (AvgIpc) is 2.50. The molecule has 4 nitrogen and oxygen atoms in total. The smallest absolute Gasteiger partial charge is 1.00 e. The van der Waals surface area contributed by atoms with E-state index in [2.05, 4.69) is 29.8 Å². The molecule has 0 aliphatic heterocycles. The molecule has 0 unspecified atom stereocenters. The van der Waals surface area contributed by atoms with Crippen molar-refractivity contribution in [1.29, 1.82) is 0 Å². The van der Waals surface area contributed by atoms with Gasteiger partial charge < -0.3 is 6.16 Å². The predicted molar refractivity (Wildman–Crippen MR) is 94.9 cm³/mol. The van der Waals surface area contributed by atoms with Gasteiger partial charge in [0.25, 0.3) is 0 Å². The van der Waals surface area contributed by atoms with Crippen molar-refractivity contribution in [2.75, 3.05) is 20.3 Å². The zero-order valence-electron chi connectivity index (χ0n) is 15.8. The molecule has 1 atom stereocenters. The minimum atomic E-state index is -3.50. The van der Waals surface area contributed by atoms with Gasteiger partial charge in [0.05, 0.1) is 11.5 Å². The third-order valence-corrected chi connectivity index (χ3v) is 6.10. The molecule has 1 aromatic carbocycles. The molecule has 0 saturated heterocycles. The van der Waals surface area contributed by atoms with Crippen molar-refractivity contribution in [1.82, 2.24) is 4.31 Å². The summed E-state index contributed by atoms with van der Waals surface area (Å²) in [6.45, 7) is 7.10. The fourth-order valence-corrected chi connectivity index (χ4v) is 3.96. The number of hydrogen-bond acceptors (Lipinski definition) is 3. The van der Waals surface area contributed by atoms with E-state index in [-0.39, 0.29) is 37.0 Å². The van der Waals surface area contributed by atoms with E-state index in [1.807, 2.05) is 19.1 Å². The first kappa shape index (κ1) is 23.6. The maximum Gasteiger partial charge on any atom is 1.00 e. The van der Waals surface area contributed by atoms with E-state index in [0.717, 1.165) is 12.0 Å². The number of ether oxygens (including phenoxy) is 1. The van der Waals surface area contributed by atoms with E-state index in [1.54, 1.807) is 19.2 Å². The maximum absolute atomic E-state index is 12.8. The quantitative estimate of drug-likeness (QED) is 0.442. The number of alkyl halides is 1. The van der Waals surface area contributed by atoms with Gasteiger partial charge in [-0.2, -0.15) is 4.31 Å². The van der Waals surface area contributed by atoms with Crippen LogP contribution >= 0.6 is 15.9 Å². The molecule has 1 rings (SSSR count). The molecule has 7 heteroatoms. The van der Waals surface area contributed by atoms with Gasteiger partial charge >= 0.3 is 29.6 Å². The van der Waals surface area contributed by atoms with Crippen LogP contribution in [0, 0.1) is 5.92 Å². The maximum atomic E-state index is 12.8. The molecular weight excluding hydrogens is 389 g/mol. The zero-order valence-corrected chi connectivity index (χ0v) is 19.2. The van der Waals surface area contributed by atoms with E-state index >= 15 is 0 Å². The first-order valence-electron chi connectivity index (χ1n) is 7.53. The second-order valence-corrected chi connectivity index (χ2v) is 8.30. The van der Waals surface area contributed by atoms with Gasteiger partial charge in [-0.05, 0) is 37.0 Å². The normalized spacial score (nSPS) is 13.2. The minimum absolute atomic E-state index is 0. The van der Waals surface area contributed by atoms with Gasteiger partial charge in [-0.3, -0.25) is 0 Å². The Balaban J connectivity index is 0. The Morgan fingerprint density at radius 2 is 1.83 bits per heavy atom. The molecule has 0 spiro atoms. The Morgan fingerprint density at radius 1 is 1.26 bits per heavy atom. The summed E-state index contributed by atoms with van der Waals surface area (Å²) in [4.78, 5) is 0.324. The number of halogens is 1. The molecule has 0 heterocycles. The van der Waals surface area contributed by atoms with Crippen LogP contribution in [-0.4, -0.2) is 39.0 Å². The Morgan fingerprint density at radius 3 is 2.26 bits per heavy atom. The minimum Gasteiger partial charge on any atom is -1.00 e. The van der Waals surface area contributed by atoms with Gasteiger partial charge in [-0.1, -0.05) is 41.9 Å². The zero-order chi connectivity index (χ0) is 16.8. The van der Waals surface area contributed by atoms with Crippen LogP contribution in [-0.2, 0) is 20.1 Å². The number of benzene rings is 1. The second-order valence-electron chi connectivity index (χ2n) is 5.74. The standard InChI is InChI=1S/C16H26BrNO3S.Na.H/c1-5-21-12-15(10-13(2)3)18(4)22(19,20)16-8-6-14(11-17)7-9-16;;/h6-9,13,15H,5,10-12H2,1-4H3;;/q;+1;-1/t15-;;/m0../s1. The molecule has 1 aromatic rings. The SMILES string of the molecule is CCOC[C@H](CC(C)C)N(C)S(=O)(=O)c1ccc(CBr)cc1.[H-].[Na+]. The van der Waals surface area contributed by atoms with Crippen molar-refractivity contribution in [2.45, 2.75) is 43.5 Å². The van der Waals surface area contributed by atoms with Crippen LogP contribution in [0.4, 0.5) is 0 Å². The monoisotopic (exact) mass is 415 g/mol. The summed E-state index contributed by atoms with van der Waals surface area (Å²) in [5, 5.41) is 0.712. The summed E-state index contributed by atoms with van der Waals surface area (Å²) in [5.74, 6) is 0.402. The number of likely N-dealkylation sites (N-methyl/N-ethyl adjacent to an activating group) is 1. The van der Waals surface area contributed by atoms with Crippen LogP contribution in [0.1, 0.15) is 34.2 Å². The Labute approximate surface area is 172 Å². The molecule has 0 radical (unpaired) electrons. The van der Waals surface area contributed by atoms with Crippen LogP contribution < -0.4 is 29.6 Å². The van der Waals surface area contributed by atoms with Gasteiger partial charge in [0.1, 0.15) is 0 Å². The number of hydrogen-bond donors (Lipinski definition) is 0. The summed E-state index contributed by atoms with van der Waals surface area (Å²) >= 11 is 3.36. The van der Waals surface area contributed by atoms with Crippen LogP contribution in [0.2, 0.25) is 0 Å². The summed E-state index contributed by atoms with van der Waals surface area (Å²) in [7, 11) is -1.86. The van der Waals surface area contributed by atoms with Gasteiger partial charge in [-0.15, -0.1) is 0 Å². The molecule has 0 N–H and O–H groups in total. The van der Waals surface area contributed by atoms with Gasteiger partial charge in [0, 0.05) is 25.0 Å². The molecule has 0 bridgehead atoms. The van der Waals surface area contributed by atoms with E-state index < -0.39 is 10.0 Å². The van der Waals surface area contributed by atoms with Crippen molar-refractivity contribution in [3.63, 3.8) is 0 Å². The molecule has 0 aromatic heterocycles. The largest absolute Gasteiger partial charge is 1.00 e. The second kappa shape index (κ2) is 11.2. The summed E-state index contributed by atoms with van der Waals surface area (Å²) < 4.78 is 32.5. The number of sulfonamides is 1. The van der Waals surface area contributed by atoms with Crippen molar-refractivity contribution >= 4 is 26.0 Å². The third kappa shape index (κ3) is 7.14. The Hall–Kier alpha value is 0.570.